The van der Waals surface area contributed by atoms with Gasteiger partial charge in [0.05, 0.1) is 78.5 Å². The summed E-state index contributed by atoms with van der Waals surface area (Å²) in [5.41, 5.74) is 6.26. The van der Waals surface area contributed by atoms with Gasteiger partial charge in [0.1, 0.15) is 23.3 Å². The molecule has 0 aromatic carbocycles. The molecule has 2 aliphatic carbocycles. The Bertz CT molecular complexity index is 4040. The molecule has 83 heavy (non-hydrogen) atoms. The summed E-state index contributed by atoms with van der Waals surface area (Å²) in [6, 6.07) is 15.3. The molecule has 0 amide bonds. The Hall–Kier alpha value is -7.17. The van der Waals surface area contributed by atoms with Crippen LogP contribution in [0.15, 0.2) is 104 Å². The van der Waals surface area contributed by atoms with Gasteiger partial charge in [-0.25, -0.2) is 58.4 Å². The molecule has 27 nitrogen and oxygen atoms in total. The second-order valence-electron chi connectivity index (χ2n) is 19.0. The van der Waals surface area contributed by atoms with E-state index in [0.29, 0.717) is 41.9 Å². The maximum atomic E-state index is 11.6. The molecule has 2 unspecified atom stereocenters. The van der Waals surface area contributed by atoms with Gasteiger partial charge in [0.25, 0.3) is 17.8 Å². The van der Waals surface area contributed by atoms with Gasteiger partial charge in [-0.3, -0.25) is 23.9 Å². The minimum Gasteiger partial charge on any atom is -0.357 e. The third-order valence-corrected chi connectivity index (χ3v) is 14.4. The molecule has 9 heterocycles. The normalized spacial score (nSPS) is 14.4. The summed E-state index contributed by atoms with van der Waals surface area (Å²) in [5, 5.41) is 45.2. The molecule has 0 saturated heterocycles. The van der Waals surface area contributed by atoms with Gasteiger partial charge in [-0.05, 0) is 89.1 Å². The second kappa shape index (κ2) is 29.9. The zero-order valence-electron chi connectivity index (χ0n) is 46.9. The average molecular weight is 1440 g/mol. The molecular formula is C50H62BClN20O7S3U. The molecular weight excluding hydrogens is 1370 g/mol. The molecule has 2 aliphatic rings. The molecule has 4 N–H and O–H groups in total. The first-order valence-corrected chi connectivity index (χ1v) is 31.1. The van der Waals surface area contributed by atoms with E-state index in [4.69, 9.17) is 11.3 Å². The van der Waals surface area contributed by atoms with Gasteiger partial charge < -0.3 is 4.74 Å². The van der Waals surface area contributed by atoms with Crippen molar-refractivity contribution in [1.82, 2.24) is 73.6 Å². The van der Waals surface area contributed by atoms with E-state index in [1.165, 1.54) is 38.5 Å². The standard InChI is InChI=1S/C18H21N7O2S.C14H18N6O3S.C10H10N6O2S.C8H11N.BH.ClH.U/c1-28(26,27)23-18-21-17(16-7-4-10-24(16)22-18)14-11-20-25(12-14)15(8-9-19)13-5-2-3-6-13;1-4-23-10(2)20-9-11(8-15-20)13-12-6-5-7-19(12)17-14(16-13)18-24(3,21)22;1-19(17,18)15-10-13-9(7-5-11-12-6-7)8-3-2-4-16(8)14-10;9-7-3-6-8-4-1-2-5-8;;;/h4,7,10-13,15H,2-3,5-6,8H2,1H3,(H,22,23);5-10H,4H2,1-3H3,(H,17,18);2-6H,1H3,(H,11,12)(H,14,15);3,6,8H,1-2,4-5H2;2*1H;/b;;;6-3-;;;/i;;;;1D;;. The van der Waals surface area contributed by atoms with Crippen molar-refractivity contribution in [2.24, 2.45) is 11.8 Å². The summed E-state index contributed by atoms with van der Waals surface area (Å²) in [5.74, 6) is 1.18. The van der Waals surface area contributed by atoms with Gasteiger partial charge in [0.2, 0.25) is 30.1 Å². The van der Waals surface area contributed by atoms with Crippen LogP contribution < -0.4 is 14.2 Å². The molecule has 9 aromatic heterocycles. The summed E-state index contributed by atoms with van der Waals surface area (Å²) in [6.07, 6.45) is 32.4. The van der Waals surface area contributed by atoms with Crippen molar-refractivity contribution in [2.45, 2.75) is 83.9 Å². The molecule has 0 spiro atoms. The van der Waals surface area contributed by atoms with Crippen LogP contribution in [0.1, 0.15) is 83.9 Å². The van der Waals surface area contributed by atoms with Crippen LogP contribution >= 0.6 is 12.4 Å². The third kappa shape index (κ3) is 18.4. The third-order valence-electron chi connectivity index (χ3n) is 12.7. The number of nitrogens with zero attached hydrogens (tertiary/aromatic N) is 16. The smallest absolute Gasteiger partial charge is 0.255 e. The number of nitriles is 2. The number of hydrogen-bond donors (Lipinski definition) is 4. The van der Waals surface area contributed by atoms with E-state index in [9.17, 15) is 30.5 Å². The summed E-state index contributed by atoms with van der Waals surface area (Å²) < 4.78 is 94.5. The Morgan fingerprint density at radius 1 is 0.711 bits per heavy atom. The minimum atomic E-state index is -3.50. The van der Waals surface area contributed by atoms with Gasteiger partial charge in [0.15, 0.2) is 0 Å². The van der Waals surface area contributed by atoms with Gasteiger partial charge in [-0.15, -0.1) is 27.7 Å². The van der Waals surface area contributed by atoms with Crippen molar-refractivity contribution in [3.63, 3.8) is 0 Å². The number of allylic oxidation sites excluding steroid dienone is 2. The van der Waals surface area contributed by atoms with Crippen molar-refractivity contribution < 1.29 is 61.1 Å². The number of rotatable bonds is 16. The predicted octanol–water partition coefficient (Wildman–Crippen LogP) is 6.65. The molecule has 2 atom stereocenters. The molecule has 2 saturated carbocycles. The average Bonchev–Trinajstić information content (AvgIpc) is 2.76. The van der Waals surface area contributed by atoms with E-state index >= 15 is 0 Å². The monoisotopic (exact) mass is 1440 g/mol. The van der Waals surface area contributed by atoms with Crippen LogP contribution in [0.4, 0.5) is 17.8 Å². The number of aromatic nitrogens is 15. The van der Waals surface area contributed by atoms with E-state index in [2.05, 4.69) is 79.3 Å². The zero-order chi connectivity index (χ0) is 59.0. The summed E-state index contributed by atoms with van der Waals surface area (Å²) in [7, 11) is -6.65. The van der Waals surface area contributed by atoms with Crippen LogP contribution in [0.5, 0.6) is 0 Å². The first-order valence-electron chi connectivity index (χ1n) is 26.0. The van der Waals surface area contributed by atoms with Gasteiger partial charge in [-0.2, -0.15) is 25.8 Å². The van der Waals surface area contributed by atoms with Gasteiger partial charge >= 0.3 is 0 Å². The van der Waals surface area contributed by atoms with E-state index < -0.39 is 30.1 Å². The van der Waals surface area contributed by atoms with Crippen LogP contribution in [0.25, 0.3) is 50.3 Å². The Balaban J connectivity index is 0.000000212. The fraction of sp³-hybridized carbons (Fsp3) is 0.380. The van der Waals surface area contributed by atoms with E-state index in [1.807, 2.05) is 67.2 Å². The van der Waals surface area contributed by atoms with Crippen molar-refractivity contribution in [3.05, 3.63) is 104 Å². The zero-order valence-corrected chi connectivity index (χ0v) is 53.3. The Morgan fingerprint density at radius 2 is 1.14 bits per heavy atom. The van der Waals surface area contributed by atoms with Crippen LogP contribution in [0.3, 0.4) is 0 Å². The quantitative estimate of drug-likeness (QED) is 0.0581. The first kappa shape index (κ1) is 65.0. The van der Waals surface area contributed by atoms with Crippen LogP contribution in [-0.4, -0.2) is 134 Å². The number of hydrogen-bond acceptors (Lipinski definition) is 18. The molecule has 11 rings (SSSR count). The maximum absolute atomic E-state index is 11.6. The second-order valence-corrected chi connectivity index (χ2v) is 24.2. The molecule has 2 radical (unpaired) electrons. The Labute approximate surface area is 513 Å². The predicted molar refractivity (Wildman–Crippen MR) is 313 cm³/mol. The largest absolute Gasteiger partial charge is 0.357 e. The van der Waals surface area contributed by atoms with Crippen LogP contribution in [0.2, 0.25) is 0 Å². The molecule has 0 bridgehead atoms. The molecule has 436 valence electrons. The van der Waals surface area contributed by atoms with E-state index in [0.717, 1.165) is 64.8 Å². The topological polar surface area (TPSA) is 350 Å². The summed E-state index contributed by atoms with van der Waals surface area (Å²) in [6.45, 7) is 4.39. The Morgan fingerprint density at radius 3 is 1.55 bits per heavy atom. The summed E-state index contributed by atoms with van der Waals surface area (Å²) >= 11 is 0. The number of sulfonamides is 3. The van der Waals surface area contributed by atoms with Crippen LogP contribution in [-0.2, 0) is 34.8 Å². The van der Waals surface area contributed by atoms with E-state index in [1.54, 1.807) is 79.9 Å². The van der Waals surface area contributed by atoms with E-state index in [-0.39, 0.29) is 73.6 Å². The van der Waals surface area contributed by atoms with Crippen molar-refractivity contribution >= 4 is 85.2 Å². The first-order chi connectivity index (χ1) is 39.3. The number of H-pyrrole nitrogens is 1. The molecule has 9 aromatic rings. The Kier molecular flexibility index (Phi) is 23.4. The van der Waals surface area contributed by atoms with Crippen molar-refractivity contribution in [2.75, 3.05) is 39.5 Å². The SMILES string of the molecule is CCOC(C)n1cc(-c2nc(NS(C)(=O)=O)nn3cccc23)cn1.CS(=O)(=O)Nc1nc(-c2cn[nH]c2)c2cccn2n1.CS(=O)(=O)Nc1nc(-c2cnn(C(CC#N)C3CCCC3)c2)c2cccn2n1.Cl.N#C/C=C\C1CCCC1.[2H][B].[U]. The number of anilines is 3. The molecule has 0 aliphatic heterocycles. The minimum absolute atomic E-state index is 0. The van der Waals surface area contributed by atoms with Gasteiger partial charge in [-0.1, -0.05) is 31.8 Å². The number of ether oxygens (including phenoxy) is 1. The van der Waals surface area contributed by atoms with Gasteiger partial charge in [0, 0.05) is 106 Å². The summed E-state index contributed by atoms with van der Waals surface area (Å²) in [4.78, 5) is 13.0. The number of aromatic amines is 1. The fourth-order valence-corrected chi connectivity index (χ4v) is 10.6. The number of halogens is 1. The number of nitrogens with one attached hydrogen (secondary N) is 4. The van der Waals surface area contributed by atoms with Crippen molar-refractivity contribution in [1.29, 1.82) is 11.9 Å². The fourth-order valence-electron chi connectivity index (χ4n) is 9.31. The molecule has 33 heteroatoms. The van der Waals surface area contributed by atoms with Crippen molar-refractivity contribution in [3.8, 4) is 45.9 Å². The van der Waals surface area contributed by atoms with Crippen LogP contribution in [0, 0.1) is 65.6 Å². The maximum Gasteiger partial charge on any atom is 0.255 e. The number of fused-ring (bicyclic) bond motifs is 3. The molecule has 2 fully saturated rings.